The fraction of sp³-hybridized carbons (Fsp3) is 0.286. The first kappa shape index (κ1) is 13.7. The van der Waals surface area contributed by atoms with Crippen molar-refractivity contribution < 1.29 is 0 Å². The summed E-state index contributed by atoms with van der Waals surface area (Å²) in [5.41, 5.74) is 1.34. The largest absolute Gasteiger partial charge is 0.369 e. The van der Waals surface area contributed by atoms with Gasteiger partial charge in [-0.2, -0.15) is 15.3 Å². The summed E-state index contributed by atoms with van der Waals surface area (Å²) in [4.78, 5) is 4.32. The molecule has 102 valence electrons. The number of hydrogen-bond acceptors (Lipinski definition) is 6. The summed E-state index contributed by atoms with van der Waals surface area (Å²) in [6.07, 6.45) is 3.79. The number of benzene rings is 1. The molecule has 0 aliphatic heterocycles. The summed E-state index contributed by atoms with van der Waals surface area (Å²) in [6, 6.07) is 9.22. The average Bonchev–Trinajstić information content (AvgIpc) is 2.48. The topological polar surface area (TPSA) is 86.5 Å². The smallest absolute Gasteiger partial charge is 0.249 e. The van der Waals surface area contributed by atoms with Crippen molar-refractivity contribution in [2.24, 2.45) is 0 Å². The van der Waals surface area contributed by atoms with Crippen molar-refractivity contribution in [2.75, 3.05) is 17.2 Å². The lowest BCUT2D eigenvalue weighted by Gasteiger charge is -2.07. The van der Waals surface area contributed by atoms with Crippen molar-refractivity contribution in [2.45, 2.75) is 19.8 Å². The van der Waals surface area contributed by atoms with E-state index in [0.717, 1.165) is 25.1 Å². The van der Waals surface area contributed by atoms with Crippen molar-refractivity contribution in [1.82, 2.24) is 15.2 Å². The molecule has 2 aromatic rings. The van der Waals surface area contributed by atoms with Crippen molar-refractivity contribution in [3.8, 4) is 6.07 Å². The summed E-state index contributed by atoms with van der Waals surface area (Å²) in [7, 11) is 0. The molecular formula is C14H16N6. The minimum absolute atomic E-state index is 0.404. The molecule has 0 spiro atoms. The van der Waals surface area contributed by atoms with E-state index in [1.54, 1.807) is 24.4 Å². The third-order valence-corrected chi connectivity index (χ3v) is 2.64. The maximum Gasteiger partial charge on any atom is 0.249 e. The number of rotatable bonds is 6. The van der Waals surface area contributed by atoms with Crippen molar-refractivity contribution in [1.29, 1.82) is 5.26 Å². The van der Waals surface area contributed by atoms with Gasteiger partial charge in [0.05, 0.1) is 17.8 Å². The molecular weight excluding hydrogens is 252 g/mol. The molecule has 0 saturated heterocycles. The molecule has 0 radical (unpaired) electrons. The molecule has 6 heteroatoms. The van der Waals surface area contributed by atoms with E-state index in [1.807, 2.05) is 6.07 Å². The summed E-state index contributed by atoms with van der Waals surface area (Å²) in [5, 5.41) is 22.9. The lowest BCUT2D eigenvalue weighted by molar-refractivity contribution is 0.827. The zero-order valence-corrected chi connectivity index (χ0v) is 11.3. The number of anilines is 3. The second-order valence-corrected chi connectivity index (χ2v) is 4.26. The van der Waals surface area contributed by atoms with E-state index in [2.05, 4.69) is 38.8 Å². The Morgan fingerprint density at radius 2 is 2.25 bits per heavy atom. The van der Waals surface area contributed by atoms with Gasteiger partial charge >= 0.3 is 0 Å². The predicted octanol–water partition coefficient (Wildman–Crippen LogP) is 2.70. The zero-order chi connectivity index (χ0) is 14.2. The molecule has 0 bridgehead atoms. The minimum atomic E-state index is 0.404. The van der Waals surface area contributed by atoms with Crippen LogP contribution in [-0.4, -0.2) is 21.7 Å². The molecule has 2 rings (SSSR count). The first-order valence-corrected chi connectivity index (χ1v) is 6.52. The average molecular weight is 268 g/mol. The minimum Gasteiger partial charge on any atom is -0.369 e. The van der Waals surface area contributed by atoms with E-state index >= 15 is 0 Å². The van der Waals surface area contributed by atoms with Crippen LogP contribution >= 0.6 is 0 Å². The third-order valence-electron chi connectivity index (χ3n) is 2.64. The molecule has 0 amide bonds. The van der Waals surface area contributed by atoms with Crippen LogP contribution in [0.5, 0.6) is 0 Å². The molecule has 0 aliphatic rings. The van der Waals surface area contributed by atoms with Crippen LogP contribution in [0.4, 0.5) is 17.5 Å². The number of aromatic nitrogens is 3. The SMILES string of the molecule is CCCCNc1cnnc(Nc2cccc(C#N)c2)n1. The molecule has 20 heavy (non-hydrogen) atoms. The van der Waals surface area contributed by atoms with Crippen LogP contribution in [0.3, 0.4) is 0 Å². The molecule has 1 heterocycles. The van der Waals surface area contributed by atoms with Crippen LogP contribution in [-0.2, 0) is 0 Å². The van der Waals surface area contributed by atoms with Gasteiger partial charge in [-0.25, -0.2) is 0 Å². The molecule has 1 aromatic carbocycles. The Morgan fingerprint density at radius 1 is 1.35 bits per heavy atom. The highest BCUT2D eigenvalue weighted by Crippen LogP contribution is 2.14. The van der Waals surface area contributed by atoms with Gasteiger partial charge in [-0.1, -0.05) is 19.4 Å². The van der Waals surface area contributed by atoms with Gasteiger partial charge in [0.25, 0.3) is 0 Å². The van der Waals surface area contributed by atoms with Crippen molar-refractivity contribution in [3.05, 3.63) is 36.0 Å². The molecule has 0 atom stereocenters. The van der Waals surface area contributed by atoms with E-state index in [1.165, 1.54) is 0 Å². The maximum atomic E-state index is 8.86. The predicted molar refractivity (Wildman–Crippen MR) is 77.7 cm³/mol. The molecule has 0 aliphatic carbocycles. The highest BCUT2D eigenvalue weighted by atomic mass is 15.3. The molecule has 6 nitrogen and oxygen atoms in total. The highest BCUT2D eigenvalue weighted by Gasteiger charge is 2.01. The van der Waals surface area contributed by atoms with E-state index in [9.17, 15) is 0 Å². The van der Waals surface area contributed by atoms with Gasteiger partial charge in [0.1, 0.15) is 0 Å². The fourth-order valence-electron chi connectivity index (χ4n) is 1.63. The first-order chi connectivity index (χ1) is 9.81. The zero-order valence-electron chi connectivity index (χ0n) is 11.3. The Kier molecular flexibility index (Phi) is 4.84. The Bertz CT molecular complexity index is 605. The molecule has 2 N–H and O–H groups in total. The van der Waals surface area contributed by atoms with Crippen LogP contribution in [0.2, 0.25) is 0 Å². The molecule has 0 fully saturated rings. The summed E-state index contributed by atoms with van der Waals surface area (Å²) in [6.45, 7) is 2.99. The van der Waals surface area contributed by atoms with Gasteiger partial charge in [-0.3, -0.25) is 0 Å². The van der Waals surface area contributed by atoms with Crippen molar-refractivity contribution >= 4 is 17.5 Å². The number of unbranched alkanes of at least 4 members (excludes halogenated alkanes) is 1. The third kappa shape index (κ3) is 3.92. The second-order valence-electron chi connectivity index (χ2n) is 4.26. The van der Waals surface area contributed by atoms with Crippen LogP contribution in [0.15, 0.2) is 30.5 Å². The first-order valence-electron chi connectivity index (χ1n) is 6.52. The van der Waals surface area contributed by atoms with E-state index < -0.39 is 0 Å². The second kappa shape index (κ2) is 7.04. The van der Waals surface area contributed by atoms with Crippen LogP contribution < -0.4 is 10.6 Å². The Morgan fingerprint density at radius 3 is 3.05 bits per heavy atom. The fourth-order valence-corrected chi connectivity index (χ4v) is 1.63. The lowest BCUT2D eigenvalue weighted by atomic mass is 10.2. The van der Waals surface area contributed by atoms with Gasteiger partial charge in [-0.05, 0) is 24.6 Å². The highest BCUT2D eigenvalue weighted by molar-refractivity contribution is 5.56. The Labute approximate surface area is 117 Å². The van der Waals surface area contributed by atoms with E-state index in [4.69, 9.17) is 5.26 Å². The molecule has 1 aromatic heterocycles. The summed E-state index contributed by atoms with van der Waals surface area (Å²) in [5.74, 6) is 1.09. The maximum absolute atomic E-state index is 8.86. The van der Waals surface area contributed by atoms with Gasteiger partial charge < -0.3 is 10.6 Å². The summed E-state index contributed by atoms with van der Waals surface area (Å²) < 4.78 is 0. The molecule has 0 unspecified atom stereocenters. The van der Waals surface area contributed by atoms with E-state index in [0.29, 0.717) is 17.3 Å². The Hall–Kier alpha value is -2.68. The monoisotopic (exact) mass is 268 g/mol. The summed E-state index contributed by atoms with van der Waals surface area (Å²) >= 11 is 0. The van der Waals surface area contributed by atoms with Crippen LogP contribution in [0, 0.1) is 11.3 Å². The normalized spacial score (nSPS) is 9.80. The van der Waals surface area contributed by atoms with Gasteiger partial charge in [0.2, 0.25) is 5.95 Å². The van der Waals surface area contributed by atoms with E-state index in [-0.39, 0.29) is 0 Å². The quantitative estimate of drug-likeness (QED) is 0.783. The lowest BCUT2D eigenvalue weighted by Crippen LogP contribution is -2.06. The number of nitrogens with zero attached hydrogens (tertiary/aromatic N) is 4. The van der Waals surface area contributed by atoms with Gasteiger partial charge in [-0.15, -0.1) is 5.10 Å². The van der Waals surface area contributed by atoms with Crippen LogP contribution in [0.25, 0.3) is 0 Å². The number of hydrogen-bond donors (Lipinski definition) is 2. The number of nitrogens with one attached hydrogen (secondary N) is 2. The standard InChI is InChI=1S/C14H16N6/c1-2-3-7-16-13-10-17-20-14(19-13)18-12-6-4-5-11(8-12)9-15/h4-6,8,10H,2-3,7H2,1H3,(H2,16,18,19,20). The van der Waals surface area contributed by atoms with Crippen molar-refractivity contribution in [3.63, 3.8) is 0 Å². The number of nitriles is 1. The van der Waals surface area contributed by atoms with Gasteiger partial charge in [0.15, 0.2) is 5.82 Å². The Balaban J connectivity index is 2.05. The molecule has 0 saturated carbocycles. The van der Waals surface area contributed by atoms with Gasteiger partial charge in [0, 0.05) is 12.2 Å². The van der Waals surface area contributed by atoms with Crippen LogP contribution in [0.1, 0.15) is 25.3 Å².